The van der Waals surface area contributed by atoms with Crippen molar-refractivity contribution in [1.82, 2.24) is 15.0 Å². The van der Waals surface area contributed by atoms with E-state index in [9.17, 15) is 4.79 Å². The maximum atomic E-state index is 12.4. The van der Waals surface area contributed by atoms with E-state index in [1.165, 1.54) is 0 Å². The molecular weight excluding hydrogens is 260 g/mol. The Morgan fingerprint density at radius 2 is 2.26 bits per heavy atom. The van der Waals surface area contributed by atoms with Gasteiger partial charge in [-0.05, 0) is 22.9 Å². The van der Waals surface area contributed by atoms with Crippen LogP contribution in [0.5, 0.6) is 0 Å². The van der Waals surface area contributed by atoms with E-state index in [2.05, 4.69) is 10.3 Å². The Morgan fingerprint density at radius 3 is 3.11 bits per heavy atom. The number of benzene rings is 1. The normalized spacial score (nSPS) is 11.0. The molecular formula is C13H12N4OS. The van der Waals surface area contributed by atoms with Crippen LogP contribution in [0.1, 0.15) is 16.1 Å². The second-order valence-corrected chi connectivity index (χ2v) is 5.05. The van der Waals surface area contributed by atoms with Gasteiger partial charge in [0, 0.05) is 16.8 Å². The minimum Gasteiger partial charge on any atom is -0.329 e. The number of carbonyl (C=O) groups is 1. The quantitative estimate of drug-likeness (QED) is 0.733. The van der Waals surface area contributed by atoms with Gasteiger partial charge < -0.3 is 5.73 Å². The molecule has 2 heterocycles. The Balaban J connectivity index is 2.00. The summed E-state index contributed by atoms with van der Waals surface area (Å²) in [5.74, 6) is -0.101. The van der Waals surface area contributed by atoms with Gasteiger partial charge in [0.1, 0.15) is 0 Å². The average Bonchev–Trinajstić information content (AvgIpc) is 3.06. The zero-order chi connectivity index (χ0) is 13.2. The molecule has 3 rings (SSSR count). The molecule has 0 aliphatic carbocycles. The highest BCUT2D eigenvalue weighted by atomic mass is 32.1. The van der Waals surface area contributed by atoms with Crippen molar-refractivity contribution in [3.8, 4) is 0 Å². The number of nitrogens with zero attached hydrogens (tertiary/aromatic N) is 3. The van der Waals surface area contributed by atoms with Crippen LogP contribution in [0.3, 0.4) is 0 Å². The van der Waals surface area contributed by atoms with E-state index < -0.39 is 0 Å². The highest BCUT2D eigenvalue weighted by Crippen LogP contribution is 2.26. The van der Waals surface area contributed by atoms with Crippen molar-refractivity contribution in [1.29, 1.82) is 0 Å². The standard InChI is InChI=1S/C13H12N4OS/c14-5-6-17-8-11(15-16-17)12(18)10-3-1-2-9-4-7-19-13(9)10/h1-4,7-8H,5-6,14H2. The Hall–Kier alpha value is -2.05. The van der Waals surface area contributed by atoms with Crippen LogP contribution >= 0.6 is 11.3 Å². The molecule has 0 radical (unpaired) electrons. The summed E-state index contributed by atoms with van der Waals surface area (Å²) in [5, 5.41) is 10.9. The van der Waals surface area contributed by atoms with Crippen molar-refractivity contribution in [2.75, 3.05) is 6.54 Å². The lowest BCUT2D eigenvalue weighted by atomic mass is 10.1. The summed E-state index contributed by atoms with van der Waals surface area (Å²) in [6.45, 7) is 1.03. The van der Waals surface area contributed by atoms with Gasteiger partial charge >= 0.3 is 0 Å². The number of aromatic nitrogens is 3. The molecule has 0 aliphatic heterocycles. The lowest BCUT2D eigenvalue weighted by Crippen LogP contribution is -2.10. The molecule has 96 valence electrons. The zero-order valence-corrected chi connectivity index (χ0v) is 10.9. The van der Waals surface area contributed by atoms with E-state index in [4.69, 9.17) is 5.73 Å². The van der Waals surface area contributed by atoms with E-state index in [1.54, 1.807) is 22.2 Å². The van der Waals surface area contributed by atoms with Crippen molar-refractivity contribution in [2.45, 2.75) is 6.54 Å². The predicted octanol–water partition coefficient (Wildman–Crippen LogP) is 1.68. The van der Waals surface area contributed by atoms with Crippen LogP contribution < -0.4 is 5.73 Å². The lowest BCUT2D eigenvalue weighted by molar-refractivity contribution is 0.103. The molecule has 0 unspecified atom stereocenters. The Kier molecular flexibility index (Phi) is 3.10. The number of carbonyl (C=O) groups excluding carboxylic acids is 1. The molecule has 6 heteroatoms. The summed E-state index contributed by atoms with van der Waals surface area (Å²) < 4.78 is 2.57. The molecule has 19 heavy (non-hydrogen) atoms. The first-order valence-electron chi connectivity index (χ1n) is 5.90. The first-order valence-corrected chi connectivity index (χ1v) is 6.78. The molecule has 0 spiro atoms. The molecule has 0 aliphatic rings. The molecule has 3 aromatic rings. The molecule has 0 saturated carbocycles. The van der Waals surface area contributed by atoms with Crippen molar-refractivity contribution in [3.63, 3.8) is 0 Å². The van der Waals surface area contributed by atoms with Gasteiger partial charge in [-0.2, -0.15) is 0 Å². The summed E-state index contributed by atoms with van der Waals surface area (Å²) in [5.41, 5.74) is 6.47. The SMILES string of the molecule is NCCn1cc(C(=O)c2cccc3ccsc23)nn1. The highest BCUT2D eigenvalue weighted by Gasteiger charge is 2.16. The minimum atomic E-state index is -0.101. The highest BCUT2D eigenvalue weighted by molar-refractivity contribution is 7.17. The third-order valence-corrected chi connectivity index (χ3v) is 3.82. The molecule has 0 bridgehead atoms. The van der Waals surface area contributed by atoms with Crippen LogP contribution in [-0.4, -0.2) is 27.3 Å². The number of ketones is 1. The van der Waals surface area contributed by atoms with Crippen molar-refractivity contribution < 1.29 is 4.79 Å². The van der Waals surface area contributed by atoms with Gasteiger partial charge in [0.25, 0.3) is 0 Å². The van der Waals surface area contributed by atoms with Gasteiger partial charge in [-0.1, -0.05) is 17.3 Å². The molecule has 2 aromatic heterocycles. The third-order valence-electron chi connectivity index (χ3n) is 2.85. The third kappa shape index (κ3) is 2.16. The van der Waals surface area contributed by atoms with Crippen LogP contribution in [0.2, 0.25) is 0 Å². The number of rotatable bonds is 4. The van der Waals surface area contributed by atoms with Crippen LogP contribution in [0, 0.1) is 0 Å². The fourth-order valence-electron chi connectivity index (χ4n) is 1.95. The monoisotopic (exact) mass is 272 g/mol. The van der Waals surface area contributed by atoms with Gasteiger partial charge in [0.05, 0.1) is 12.7 Å². The van der Waals surface area contributed by atoms with Gasteiger partial charge in [0.15, 0.2) is 5.69 Å². The Bertz CT molecular complexity index is 731. The van der Waals surface area contributed by atoms with Gasteiger partial charge in [-0.15, -0.1) is 16.4 Å². The average molecular weight is 272 g/mol. The molecule has 0 amide bonds. The van der Waals surface area contributed by atoms with Gasteiger partial charge in [-0.25, -0.2) is 0 Å². The van der Waals surface area contributed by atoms with Crippen molar-refractivity contribution in [3.05, 3.63) is 47.1 Å². The Morgan fingerprint density at radius 1 is 1.37 bits per heavy atom. The molecule has 2 N–H and O–H groups in total. The maximum Gasteiger partial charge on any atom is 0.216 e. The minimum absolute atomic E-state index is 0.101. The van der Waals surface area contributed by atoms with Gasteiger partial charge in [0.2, 0.25) is 5.78 Å². The zero-order valence-electron chi connectivity index (χ0n) is 10.1. The number of nitrogens with two attached hydrogens (primary N) is 1. The number of thiophene rings is 1. The summed E-state index contributed by atoms with van der Waals surface area (Å²) >= 11 is 1.56. The molecule has 5 nitrogen and oxygen atoms in total. The first-order chi connectivity index (χ1) is 9.29. The van der Waals surface area contributed by atoms with E-state index in [-0.39, 0.29) is 5.78 Å². The number of hydrogen-bond donors (Lipinski definition) is 1. The molecule has 0 fully saturated rings. The van der Waals surface area contributed by atoms with E-state index in [1.807, 2.05) is 29.6 Å². The summed E-state index contributed by atoms with van der Waals surface area (Å²) in [6, 6.07) is 7.70. The van der Waals surface area contributed by atoms with Crippen LogP contribution in [0.25, 0.3) is 10.1 Å². The van der Waals surface area contributed by atoms with Crippen LogP contribution in [0.15, 0.2) is 35.8 Å². The van der Waals surface area contributed by atoms with Crippen LogP contribution in [0.4, 0.5) is 0 Å². The lowest BCUT2D eigenvalue weighted by Gasteiger charge is -1.99. The van der Waals surface area contributed by atoms with Crippen molar-refractivity contribution in [2.24, 2.45) is 5.73 Å². The summed E-state index contributed by atoms with van der Waals surface area (Å²) in [7, 11) is 0. The fraction of sp³-hybridized carbons (Fsp3) is 0.154. The van der Waals surface area contributed by atoms with E-state index >= 15 is 0 Å². The largest absolute Gasteiger partial charge is 0.329 e. The van der Waals surface area contributed by atoms with E-state index in [0.717, 1.165) is 10.1 Å². The van der Waals surface area contributed by atoms with Gasteiger partial charge in [-0.3, -0.25) is 9.48 Å². The second-order valence-electron chi connectivity index (χ2n) is 4.13. The number of hydrogen-bond acceptors (Lipinski definition) is 5. The first kappa shape index (κ1) is 12.0. The van der Waals surface area contributed by atoms with Crippen LogP contribution in [-0.2, 0) is 6.54 Å². The predicted molar refractivity (Wildman–Crippen MR) is 74.3 cm³/mol. The van der Waals surface area contributed by atoms with Crippen molar-refractivity contribution >= 4 is 27.2 Å². The summed E-state index contributed by atoms with van der Waals surface area (Å²) in [6.07, 6.45) is 1.64. The Labute approximate surface area is 113 Å². The fourth-order valence-corrected chi connectivity index (χ4v) is 2.86. The molecule has 1 aromatic carbocycles. The second kappa shape index (κ2) is 4.91. The maximum absolute atomic E-state index is 12.4. The summed E-state index contributed by atoms with van der Waals surface area (Å²) in [4.78, 5) is 12.4. The van der Waals surface area contributed by atoms with E-state index in [0.29, 0.717) is 24.3 Å². The smallest absolute Gasteiger partial charge is 0.216 e. The molecule has 0 atom stereocenters. The topological polar surface area (TPSA) is 73.8 Å². The molecule has 0 saturated heterocycles. The number of fused-ring (bicyclic) bond motifs is 1.